The molecular weight excluding hydrogens is 235 g/mol. The van der Waals surface area contributed by atoms with Gasteiger partial charge in [-0.05, 0) is 30.3 Å². The zero-order valence-electron chi connectivity index (χ0n) is 9.51. The van der Waals surface area contributed by atoms with E-state index in [0.717, 1.165) is 0 Å². The Balaban J connectivity index is 1.98. The normalized spacial score (nSPS) is 10.1. The molecule has 5 heteroatoms. The highest BCUT2D eigenvalue weighted by molar-refractivity contribution is 5.89. The minimum atomic E-state index is -0.352. The van der Waals surface area contributed by atoms with Crippen LogP contribution in [0.2, 0.25) is 0 Å². The summed E-state index contributed by atoms with van der Waals surface area (Å²) in [7, 11) is 0. The molecule has 2 N–H and O–H groups in total. The first kappa shape index (κ1) is 12.0. The molecule has 2 rings (SSSR count). The van der Waals surface area contributed by atoms with Crippen LogP contribution in [0.1, 0.15) is 0 Å². The number of aromatic nitrogens is 1. The lowest BCUT2D eigenvalue weighted by Gasteiger charge is -2.02. The molecule has 0 atom stereocenters. The van der Waals surface area contributed by atoms with Crippen molar-refractivity contribution in [3.8, 4) is 5.75 Å². The van der Waals surface area contributed by atoms with Gasteiger partial charge in [0.15, 0.2) is 11.9 Å². The van der Waals surface area contributed by atoms with Gasteiger partial charge in [0.2, 0.25) is 12.7 Å². The van der Waals surface area contributed by atoms with Crippen molar-refractivity contribution in [1.82, 2.24) is 0 Å². The number of rotatable bonds is 3. The van der Waals surface area contributed by atoms with E-state index in [0.29, 0.717) is 5.69 Å². The van der Waals surface area contributed by atoms with Gasteiger partial charge in [0, 0.05) is 11.8 Å². The summed E-state index contributed by atoms with van der Waals surface area (Å²) >= 11 is 0. The second-order valence-corrected chi connectivity index (χ2v) is 3.79. The maximum absolute atomic E-state index is 12.7. The molecule has 0 aliphatic carbocycles. The van der Waals surface area contributed by atoms with Gasteiger partial charge in [0.25, 0.3) is 5.91 Å². The van der Waals surface area contributed by atoms with Gasteiger partial charge in [0.05, 0.1) is 0 Å². The number of aromatic hydroxyl groups is 1. The predicted molar refractivity (Wildman–Crippen MR) is 63.3 cm³/mol. The molecule has 0 saturated heterocycles. The zero-order chi connectivity index (χ0) is 13.0. The fraction of sp³-hybridized carbons (Fsp3) is 0.0769. The molecule has 1 heterocycles. The van der Waals surface area contributed by atoms with Crippen molar-refractivity contribution in [2.45, 2.75) is 6.54 Å². The molecule has 92 valence electrons. The number of nitrogens with zero attached hydrogens (tertiary/aromatic N) is 1. The lowest BCUT2D eigenvalue weighted by atomic mass is 10.3. The highest BCUT2D eigenvalue weighted by Crippen LogP contribution is 2.08. The van der Waals surface area contributed by atoms with E-state index in [1.807, 2.05) is 0 Å². The van der Waals surface area contributed by atoms with Crippen LogP contribution in [0.25, 0.3) is 0 Å². The highest BCUT2D eigenvalue weighted by Gasteiger charge is 2.10. The number of benzene rings is 1. The summed E-state index contributed by atoms with van der Waals surface area (Å²) < 4.78 is 14.2. The van der Waals surface area contributed by atoms with Gasteiger partial charge in [-0.2, -0.15) is 4.57 Å². The number of nitrogens with one attached hydrogen (secondary N) is 1. The van der Waals surface area contributed by atoms with Crippen molar-refractivity contribution < 1.29 is 18.9 Å². The fourth-order valence-electron chi connectivity index (χ4n) is 1.51. The fourth-order valence-corrected chi connectivity index (χ4v) is 1.51. The number of hydrogen-bond donors (Lipinski definition) is 2. The van der Waals surface area contributed by atoms with Crippen molar-refractivity contribution in [3.05, 3.63) is 54.6 Å². The van der Waals surface area contributed by atoms with Gasteiger partial charge in [-0.25, -0.2) is 4.39 Å². The lowest BCUT2D eigenvalue weighted by molar-refractivity contribution is -0.684. The second-order valence-electron chi connectivity index (χ2n) is 3.79. The molecule has 1 aromatic heterocycles. The van der Waals surface area contributed by atoms with Crippen LogP contribution in [0.5, 0.6) is 5.75 Å². The number of hydrogen-bond acceptors (Lipinski definition) is 2. The number of anilines is 1. The van der Waals surface area contributed by atoms with Crippen LogP contribution in [0, 0.1) is 5.82 Å². The third-order valence-corrected chi connectivity index (χ3v) is 2.30. The van der Waals surface area contributed by atoms with E-state index in [4.69, 9.17) is 0 Å². The molecule has 0 saturated carbocycles. The van der Waals surface area contributed by atoms with E-state index in [-0.39, 0.29) is 24.0 Å². The zero-order valence-corrected chi connectivity index (χ0v) is 9.51. The minimum absolute atomic E-state index is 0.0752. The van der Waals surface area contributed by atoms with E-state index in [1.54, 1.807) is 16.8 Å². The third-order valence-electron chi connectivity index (χ3n) is 2.30. The average Bonchev–Trinajstić information content (AvgIpc) is 2.32. The Morgan fingerprint density at radius 1 is 1.28 bits per heavy atom. The minimum Gasteiger partial charge on any atom is -0.503 e. The van der Waals surface area contributed by atoms with E-state index < -0.39 is 0 Å². The summed E-state index contributed by atoms with van der Waals surface area (Å²) in [6.45, 7) is 0.0752. The number of amides is 1. The molecule has 0 bridgehead atoms. The molecule has 2 aromatic rings. The van der Waals surface area contributed by atoms with Crippen molar-refractivity contribution in [1.29, 1.82) is 0 Å². The largest absolute Gasteiger partial charge is 0.503 e. The van der Waals surface area contributed by atoms with Crippen LogP contribution in [-0.2, 0) is 11.3 Å². The van der Waals surface area contributed by atoms with Crippen molar-refractivity contribution in [3.63, 3.8) is 0 Å². The molecule has 0 aliphatic rings. The summed E-state index contributed by atoms with van der Waals surface area (Å²) in [6.07, 6.45) is 3.12. The lowest BCUT2D eigenvalue weighted by Crippen LogP contribution is -2.39. The predicted octanol–water partition coefficient (Wildman–Crippen LogP) is 1.46. The molecule has 0 spiro atoms. The molecule has 0 fully saturated rings. The maximum atomic E-state index is 12.7. The Bertz CT molecular complexity index is 555. The molecule has 4 nitrogen and oxygen atoms in total. The SMILES string of the molecule is O=C(C[n+]1cccc(O)c1)Nc1ccc(F)cc1. The van der Waals surface area contributed by atoms with Gasteiger partial charge in [-0.1, -0.05) is 0 Å². The van der Waals surface area contributed by atoms with Crippen molar-refractivity contribution in [2.75, 3.05) is 5.32 Å². The van der Waals surface area contributed by atoms with Crippen LogP contribution in [0.4, 0.5) is 10.1 Å². The van der Waals surface area contributed by atoms with E-state index in [1.165, 1.54) is 36.5 Å². The van der Waals surface area contributed by atoms with Gasteiger partial charge < -0.3 is 10.4 Å². The summed E-state index contributed by atoms with van der Waals surface area (Å²) in [5.74, 6) is -0.514. The van der Waals surface area contributed by atoms with Crippen LogP contribution >= 0.6 is 0 Å². The molecule has 1 amide bonds. The van der Waals surface area contributed by atoms with Gasteiger partial charge in [0.1, 0.15) is 5.82 Å². The average molecular weight is 247 g/mol. The summed E-state index contributed by atoms with van der Waals surface area (Å²) in [5, 5.41) is 11.9. The molecule has 18 heavy (non-hydrogen) atoms. The molecular formula is C13H12FN2O2+. The van der Waals surface area contributed by atoms with Crippen LogP contribution < -0.4 is 9.88 Å². The summed E-state index contributed by atoms with van der Waals surface area (Å²) in [5.41, 5.74) is 0.530. The van der Waals surface area contributed by atoms with Gasteiger partial charge >= 0.3 is 0 Å². The Hall–Kier alpha value is -2.43. The van der Waals surface area contributed by atoms with Crippen molar-refractivity contribution >= 4 is 11.6 Å². The van der Waals surface area contributed by atoms with E-state index in [2.05, 4.69) is 5.32 Å². The van der Waals surface area contributed by atoms with Crippen LogP contribution in [0.15, 0.2) is 48.8 Å². The standard InChI is InChI=1S/C13H11FN2O2/c14-10-3-5-11(6-4-10)15-13(18)9-16-7-1-2-12(17)8-16/h1-8H,9H2,(H-,15,17,18)/p+1. The van der Waals surface area contributed by atoms with Crippen LogP contribution in [0.3, 0.4) is 0 Å². The number of carbonyl (C=O) groups excluding carboxylic acids is 1. The van der Waals surface area contributed by atoms with Crippen molar-refractivity contribution in [2.24, 2.45) is 0 Å². The topological polar surface area (TPSA) is 53.2 Å². The van der Waals surface area contributed by atoms with E-state index >= 15 is 0 Å². The Morgan fingerprint density at radius 2 is 2.00 bits per heavy atom. The summed E-state index contributed by atoms with van der Waals surface area (Å²) in [6, 6.07) is 8.68. The monoisotopic (exact) mass is 247 g/mol. The molecule has 1 aromatic carbocycles. The first-order valence-electron chi connectivity index (χ1n) is 5.37. The first-order valence-corrected chi connectivity index (χ1v) is 5.37. The number of carbonyl (C=O) groups is 1. The van der Waals surface area contributed by atoms with Gasteiger partial charge in [-0.15, -0.1) is 0 Å². The Morgan fingerprint density at radius 3 is 2.67 bits per heavy atom. The van der Waals surface area contributed by atoms with Gasteiger partial charge in [-0.3, -0.25) is 4.79 Å². The number of halogens is 1. The molecule has 0 aliphatic heterocycles. The first-order chi connectivity index (χ1) is 8.63. The quantitative estimate of drug-likeness (QED) is 0.807. The maximum Gasteiger partial charge on any atom is 0.290 e. The number of pyridine rings is 1. The summed E-state index contributed by atoms with van der Waals surface area (Å²) in [4.78, 5) is 11.7. The highest BCUT2D eigenvalue weighted by atomic mass is 19.1. The van der Waals surface area contributed by atoms with Crippen LogP contribution in [-0.4, -0.2) is 11.0 Å². The molecule has 0 radical (unpaired) electrons. The van der Waals surface area contributed by atoms with E-state index in [9.17, 15) is 14.3 Å². The smallest absolute Gasteiger partial charge is 0.290 e. The third kappa shape index (κ3) is 3.28. The Kier molecular flexibility index (Phi) is 3.52. The second kappa shape index (κ2) is 5.27. The Labute approximate surface area is 103 Å². The molecule has 0 unspecified atom stereocenters.